The molecule has 3 heteroatoms. The van der Waals surface area contributed by atoms with Crippen molar-refractivity contribution in [2.24, 2.45) is 28.6 Å². The molecule has 0 radical (unpaired) electrons. The van der Waals surface area contributed by atoms with Gasteiger partial charge in [0.1, 0.15) is 0 Å². The molecule has 0 saturated heterocycles. The van der Waals surface area contributed by atoms with Crippen LogP contribution in [0.15, 0.2) is 12.7 Å². The van der Waals surface area contributed by atoms with Gasteiger partial charge in [0.2, 0.25) is 0 Å². The Morgan fingerprint density at radius 1 is 1.22 bits per heavy atom. The van der Waals surface area contributed by atoms with Gasteiger partial charge in [-0.3, -0.25) is 0 Å². The molecular formula is C20H36O3. The minimum absolute atomic E-state index is 0.0555. The van der Waals surface area contributed by atoms with Crippen LogP contribution >= 0.6 is 0 Å². The van der Waals surface area contributed by atoms with Gasteiger partial charge in [-0.15, -0.1) is 6.58 Å². The first-order valence-corrected chi connectivity index (χ1v) is 9.18. The van der Waals surface area contributed by atoms with E-state index in [2.05, 4.69) is 34.3 Å². The van der Waals surface area contributed by atoms with Crippen molar-refractivity contribution in [1.29, 1.82) is 0 Å². The summed E-state index contributed by atoms with van der Waals surface area (Å²) in [4.78, 5) is 0. The van der Waals surface area contributed by atoms with Gasteiger partial charge < -0.3 is 15.3 Å². The van der Waals surface area contributed by atoms with Crippen LogP contribution in [0.3, 0.4) is 0 Å². The second kappa shape index (κ2) is 6.16. The summed E-state index contributed by atoms with van der Waals surface area (Å²) in [6.45, 7) is 14.4. The molecule has 8 unspecified atom stereocenters. The Labute approximate surface area is 141 Å². The molecule has 23 heavy (non-hydrogen) atoms. The molecule has 3 N–H and O–H groups in total. The predicted octanol–water partition coefficient (Wildman–Crippen LogP) is 3.52. The minimum Gasteiger partial charge on any atom is -0.393 e. The first-order valence-electron chi connectivity index (χ1n) is 9.18. The van der Waals surface area contributed by atoms with Crippen LogP contribution in [-0.2, 0) is 0 Å². The van der Waals surface area contributed by atoms with Crippen LogP contribution in [0.5, 0.6) is 0 Å². The molecule has 0 amide bonds. The van der Waals surface area contributed by atoms with Crippen molar-refractivity contribution in [2.45, 2.75) is 84.5 Å². The quantitative estimate of drug-likeness (QED) is 0.693. The number of rotatable bonds is 4. The van der Waals surface area contributed by atoms with Crippen molar-refractivity contribution in [3.8, 4) is 0 Å². The van der Waals surface area contributed by atoms with Gasteiger partial charge in [0.05, 0.1) is 17.8 Å². The zero-order chi connectivity index (χ0) is 17.6. The lowest BCUT2D eigenvalue weighted by molar-refractivity contribution is -0.180. The fraction of sp³-hybridized carbons (Fsp3) is 0.900. The lowest BCUT2D eigenvalue weighted by atomic mass is 9.44. The molecule has 2 aliphatic carbocycles. The molecule has 2 aliphatic rings. The van der Waals surface area contributed by atoms with Gasteiger partial charge in [-0.25, -0.2) is 0 Å². The summed E-state index contributed by atoms with van der Waals surface area (Å²) in [5.41, 5.74) is -0.907. The van der Waals surface area contributed by atoms with Gasteiger partial charge >= 0.3 is 0 Å². The van der Waals surface area contributed by atoms with E-state index in [1.54, 1.807) is 13.0 Å². The average molecular weight is 325 g/mol. The molecule has 2 rings (SSSR count). The van der Waals surface area contributed by atoms with Gasteiger partial charge in [-0.05, 0) is 67.6 Å². The topological polar surface area (TPSA) is 60.7 Å². The molecule has 2 saturated carbocycles. The lowest BCUT2D eigenvalue weighted by Gasteiger charge is -2.62. The summed E-state index contributed by atoms with van der Waals surface area (Å²) in [6.07, 6.45) is 4.99. The lowest BCUT2D eigenvalue weighted by Crippen LogP contribution is -2.59. The molecule has 0 aliphatic heterocycles. The van der Waals surface area contributed by atoms with E-state index in [0.717, 1.165) is 25.7 Å². The predicted molar refractivity (Wildman–Crippen MR) is 94.0 cm³/mol. The first kappa shape index (κ1) is 19.0. The van der Waals surface area contributed by atoms with Crippen molar-refractivity contribution in [3.63, 3.8) is 0 Å². The Bertz CT molecular complexity index is 446. The van der Waals surface area contributed by atoms with E-state index in [-0.39, 0.29) is 29.0 Å². The molecule has 8 atom stereocenters. The number of hydrogen-bond donors (Lipinski definition) is 3. The van der Waals surface area contributed by atoms with Crippen molar-refractivity contribution in [1.82, 2.24) is 0 Å². The zero-order valence-electron chi connectivity index (χ0n) is 15.5. The second-order valence-corrected chi connectivity index (χ2v) is 9.21. The van der Waals surface area contributed by atoms with Crippen LogP contribution in [0.4, 0.5) is 0 Å². The van der Waals surface area contributed by atoms with Crippen molar-refractivity contribution in [2.75, 3.05) is 0 Å². The van der Waals surface area contributed by atoms with Crippen molar-refractivity contribution in [3.05, 3.63) is 12.7 Å². The van der Waals surface area contributed by atoms with Crippen molar-refractivity contribution < 1.29 is 15.3 Å². The molecule has 0 spiro atoms. The maximum Gasteiger partial charge on any atom is 0.0797 e. The highest BCUT2D eigenvalue weighted by Crippen LogP contribution is 2.63. The number of aliphatic hydroxyl groups is 3. The second-order valence-electron chi connectivity index (χ2n) is 9.21. The van der Waals surface area contributed by atoms with E-state index >= 15 is 0 Å². The van der Waals surface area contributed by atoms with E-state index in [0.29, 0.717) is 18.3 Å². The fourth-order valence-corrected chi connectivity index (χ4v) is 5.43. The highest BCUT2D eigenvalue weighted by atomic mass is 16.3. The molecule has 0 heterocycles. The standard InChI is InChI=1S/C20H36O3/c1-7-18(4,23)8-9-19(5)14(3)16(22)12-20(6)13(2)10-15(21)11-17(19)20/h7,13-17,21-23H,1,8-12H2,2-6H3. The Morgan fingerprint density at radius 3 is 2.39 bits per heavy atom. The highest BCUT2D eigenvalue weighted by molar-refractivity contribution is 5.08. The summed E-state index contributed by atoms with van der Waals surface area (Å²) in [6, 6.07) is 0. The summed E-state index contributed by atoms with van der Waals surface area (Å²) in [5.74, 6) is 0.934. The van der Waals surface area contributed by atoms with Gasteiger partial charge in [-0.1, -0.05) is 33.8 Å². The number of aliphatic hydroxyl groups excluding tert-OH is 2. The molecule has 134 valence electrons. The Morgan fingerprint density at radius 2 is 1.83 bits per heavy atom. The van der Waals surface area contributed by atoms with Crippen LogP contribution in [0.25, 0.3) is 0 Å². The number of hydrogen-bond acceptors (Lipinski definition) is 3. The van der Waals surface area contributed by atoms with E-state index in [1.165, 1.54) is 0 Å². The first-order chi connectivity index (χ1) is 10.5. The van der Waals surface area contributed by atoms with Crippen LogP contribution in [0.2, 0.25) is 0 Å². The van der Waals surface area contributed by atoms with Crippen molar-refractivity contribution >= 4 is 0 Å². The van der Waals surface area contributed by atoms with Crippen LogP contribution in [0.1, 0.15) is 66.7 Å². The molecule has 0 aromatic rings. The smallest absolute Gasteiger partial charge is 0.0797 e. The highest BCUT2D eigenvalue weighted by Gasteiger charge is 2.59. The largest absolute Gasteiger partial charge is 0.393 e. The fourth-order valence-electron chi connectivity index (χ4n) is 5.43. The van der Waals surface area contributed by atoms with Crippen LogP contribution in [0, 0.1) is 28.6 Å². The van der Waals surface area contributed by atoms with E-state index < -0.39 is 5.60 Å². The monoisotopic (exact) mass is 324 g/mol. The summed E-state index contributed by atoms with van der Waals surface area (Å²) < 4.78 is 0. The van der Waals surface area contributed by atoms with Crippen LogP contribution in [-0.4, -0.2) is 33.1 Å². The van der Waals surface area contributed by atoms with E-state index in [1.807, 2.05) is 0 Å². The molecule has 3 nitrogen and oxygen atoms in total. The Kier molecular flexibility index (Phi) is 5.08. The Hall–Kier alpha value is -0.380. The van der Waals surface area contributed by atoms with Crippen LogP contribution < -0.4 is 0 Å². The van der Waals surface area contributed by atoms with Gasteiger partial charge in [-0.2, -0.15) is 0 Å². The molecule has 2 fully saturated rings. The van der Waals surface area contributed by atoms with Gasteiger partial charge in [0.25, 0.3) is 0 Å². The SMILES string of the molecule is C=CC(C)(O)CCC1(C)C(C)C(O)CC2(C)C(C)CC(O)CC21. The number of fused-ring (bicyclic) bond motifs is 1. The third kappa shape index (κ3) is 3.25. The average Bonchev–Trinajstić information content (AvgIpc) is 2.47. The molecular weight excluding hydrogens is 288 g/mol. The van der Waals surface area contributed by atoms with Gasteiger partial charge in [0, 0.05) is 0 Å². The van der Waals surface area contributed by atoms with E-state index in [9.17, 15) is 15.3 Å². The third-order valence-corrected chi connectivity index (χ3v) is 7.73. The normalized spacial score (nSPS) is 50.0. The maximum atomic E-state index is 10.7. The Balaban J connectivity index is 2.34. The zero-order valence-corrected chi connectivity index (χ0v) is 15.5. The van der Waals surface area contributed by atoms with Gasteiger partial charge in [0.15, 0.2) is 0 Å². The third-order valence-electron chi connectivity index (χ3n) is 7.73. The summed E-state index contributed by atoms with van der Waals surface area (Å²) in [7, 11) is 0. The maximum absolute atomic E-state index is 10.7. The minimum atomic E-state index is -0.875. The summed E-state index contributed by atoms with van der Waals surface area (Å²) >= 11 is 0. The molecule has 0 aromatic carbocycles. The molecule has 0 aromatic heterocycles. The summed E-state index contributed by atoms with van der Waals surface area (Å²) in [5, 5.41) is 31.5. The molecule has 0 bridgehead atoms. The van der Waals surface area contributed by atoms with E-state index in [4.69, 9.17) is 0 Å².